The first kappa shape index (κ1) is 31.9. The van der Waals surface area contributed by atoms with E-state index in [0.717, 1.165) is 66.3 Å². The third kappa shape index (κ3) is 5.96. The van der Waals surface area contributed by atoms with Crippen LogP contribution in [0.25, 0.3) is 42.7 Å². The van der Waals surface area contributed by atoms with Crippen LogP contribution < -0.4 is 0 Å². The number of amides is 2. The van der Waals surface area contributed by atoms with Gasteiger partial charge in [-0.3, -0.25) is 9.80 Å². The molecule has 5 heterocycles. The number of nitrogens with one attached hydrogen (secondary N) is 2. The van der Waals surface area contributed by atoms with Gasteiger partial charge in [0, 0.05) is 43.9 Å². The molecule has 5 aromatic rings. The molecule has 4 atom stereocenters. The van der Waals surface area contributed by atoms with Crippen LogP contribution in [0.5, 0.6) is 0 Å². The lowest BCUT2D eigenvalue weighted by Gasteiger charge is -2.35. The number of aromatic nitrogens is 4. The van der Waals surface area contributed by atoms with Crippen molar-refractivity contribution >= 4 is 43.7 Å². The van der Waals surface area contributed by atoms with Crippen LogP contribution in [0.2, 0.25) is 0 Å². The molecular weight excluding hydrogens is 637 g/mol. The number of likely N-dealkylation sites (tertiary alicyclic amines) is 2. The van der Waals surface area contributed by atoms with Crippen molar-refractivity contribution in [1.29, 1.82) is 0 Å². The Morgan fingerprint density at radius 1 is 0.796 bits per heavy atom. The monoisotopic (exact) mass is 680 g/mol. The number of nitrogens with zero attached hydrogens (tertiary/aromatic N) is 4. The van der Waals surface area contributed by atoms with Crippen LogP contribution in [0.1, 0.15) is 97.4 Å². The number of ether oxygens (including phenoxy) is 2. The summed E-state index contributed by atoms with van der Waals surface area (Å²) in [5.41, 5.74) is 2.91. The van der Waals surface area contributed by atoms with Crippen LogP contribution in [0.4, 0.5) is 9.59 Å². The molecule has 2 aliphatic heterocycles. The molecule has 2 saturated heterocycles. The molecule has 0 spiro atoms. The first-order valence-electron chi connectivity index (χ1n) is 17.4. The van der Waals surface area contributed by atoms with E-state index < -0.39 is 11.2 Å². The Morgan fingerprint density at radius 3 is 2.02 bits per heavy atom. The minimum absolute atomic E-state index is 0.0918. The number of aromatic amines is 2. The minimum atomic E-state index is -0.542. The SMILES string of the molecule is CC(C)(C)OC(=O)N1CCC[C@H]1c1ncc(-c2ccc3c(c2)sc2cc(-c4cnc([C@@H]5[C@H]6CC[C@H](C6)N5C(=O)OC(C)(C)C)[nH]4)ccc23)[nH]1. The Hall–Kier alpha value is -4.38. The molecule has 2 aromatic carbocycles. The lowest BCUT2D eigenvalue weighted by atomic mass is 9.98. The van der Waals surface area contributed by atoms with Crippen molar-refractivity contribution in [3.63, 3.8) is 0 Å². The Morgan fingerprint density at radius 2 is 1.39 bits per heavy atom. The number of thiophene rings is 1. The van der Waals surface area contributed by atoms with E-state index in [1.165, 1.54) is 20.2 Å². The first-order valence-corrected chi connectivity index (χ1v) is 18.2. The van der Waals surface area contributed by atoms with Crippen molar-refractivity contribution in [3.8, 4) is 22.5 Å². The maximum Gasteiger partial charge on any atom is 0.411 e. The second kappa shape index (κ2) is 11.6. The predicted octanol–water partition coefficient (Wildman–Crippen LogP) is 9.37. The van der Waals surface area contributed by atoms with Gasteiger partial charge >= 0.3 is 12.2 Å². The predicted molar refractivity (Wildman–Crippen MR) is 191 cm³/mol. The fraction of sp³-hybridized carbons (Fsp3) is 0.474. The normalized spacial score (nSPS) is 22.5. The number of H-pyrrole nitrogens is 2. The Bertz CT molecular complexity index is 2070. The number of imidazole rings is 2. The summed E-state index contributed by atoms with van der Waals surface area (Å²) < 4.78 is 13.9. The molecule has 3 aromatic heterocycles. The molecule has 2 amide bonds. The molecular formula is C38H44N6O4S. The van der Waals surface area contributed by atoms with Crippen molar-refractivity contribution < 1.29 is 19.1 Å². The number of rotatable bonds is 4. The topological polar surface area (TPSA) is 116 Å². The zero-order valence-electron chi connectivity index (χ0n) is 29.0. The summed E-state index contributed by atoms with van der Waals surface area (Å²) in [7, 11) is 0. The van der Waals surface area contributed by atoms with Crippen LogP contribution in [-0.2, 0) is 9.47 Å². The van der Waals surface area contributed by atoms with Gasteiger partial charge in [0.05, 0.1) is 35.9 Å². The van der Waals surface area contributed by atoms with Crippen LogP contribution in [-0.4, -0.2) is 65.7 Å². The molecule has 0 radical (unpaired) electrons. The lowest BCUT2D eigenvalue weighted by Crippen LogP contribution is -2.43. The third-order valence-electron chi connectivity index (χ3n) is 9.95. The lowest BCUT2D eigenvalue weighted by molar-refractivity contribution is 0.00613. The van der Waals surface area contributed by atoms with E-state index in [2.05, 4.69) is 46.4 Å². The summed E-state index contributed by atoms with van der Waals surface area (Å²) in [6.45, 7) is 12.1. The van der Waals surface area contributed by atoms with Crippen molar-refractivity contribution in [2.24, 2.45) is 5.92 Å². The van der Waals surface area contributed by atoms with Gasteiger partial charge in [0.15, 0.2) is 0 Å². The highest BCUT2D eigenvalue weighted by Crippen LogP contribution is 2.50. The van der Waals surface area contributed by atoms with Crippen molar-refractivity contribution in [3.05, 3.63) is 60.4 Å². The van der Waals surface area contributed by atoms with E-state index >= 15 is 0 Å². The number of fused-ring (bicyclic) bond motifs is 5. The van der Waals surface area contributed by atoms with Gasteiger partial charge in [-0.05, 0) is 91.7 Å². The summed E-state index contributed by atoms with van der Waals surface area (Å²) in [5.74, 6) is 2.02. The highest BCUT2D eigenvalue weighted by Gasteiger charge is 2.51. The van der Waals surface area contributed by atoms with E-state index in [9.17, 15) is 9.59 Å². The number of benzene rings is 2. The molecule has 256 valence electrons. The maximum absolute atomic E-state index is 13.2. The smallest absolute Gasteiger partial charge is 0.411 e. The van der Waals surface area contributed by atoms with Gasteiger partial charge in [0.1, 0.15) is 22.9 Å². The average Bonchev–Trinajstić information content (AvgIpc) is 3.87. The standard InChI is InChI=1S/C38H44N6O4S/c1-37(2,3)47-35(45)43-15-7-8-29(43)33-39-19-27(41-33)21-10-13-25-26-14-11-22(18-31(26)49-30(25)17-21)28-20-40-34(42-28)32-23-9-12-24(16-23)44(32)36(46)48-38(4,5)6/h10-11,13-14,17-20,23-24,29,32H,7-9,12,15-16H2,1-6H3,(H,39,41)(H,40,42)/t23-,24+,29-,32-/m0/s1. The third-order valence-corrected chi connectivity index (χ3v) is 11.1. The van der Waals surface area contributed by atoms with Crippen LogP contribution in [0.15, 0.2) is 48.8 Å². The van der Waals surface area contributed by atoms with Crippen LogP contribution in [0, 0.1) is 5.92 Å². The van der Waals surface area contributed by atoms with E-state index in [-0.39, 0.29) is 30.3 Å². The fourth-order valence-corrected chi connectivity index (χ4v) is 9.09. The van der Waals surface area contributed by atoms with Gasteiger partial charge in [0.2, 0.25) is 0 Å². The summed E-state index contributed by atoms with van der Waals surface area (Å²) in [6, 6.07) is 13.1. The first-order chi connectivity index (χ1) is 23.3. The van der Waals surface area contributed by atoms with Crippen molar-refractivity contribution in [1.82, 2.24) is 29.7 Å². The van der Waals surface area contributed by atoms with Gasteiger partial charge in [-0.25, -0.2) is 19.6 Å². The highest BCUT2D eigenvalue weighted by atomic mass is 32.1. The second-order valence-electron chi connectivity index (χ2n) is 15.8. The molecule has 8 rings (SSSR count). The average molecular weight is 681 g/mol. The zero-order chi connectivity index (χ0) is 34.2. The molecule has 49 heavy (non-hydrogen) atoms. The fourth-order valence-electron chi connectivity index (χ4n) is 7.91. The Balaban J connectivity index is 1.03. The number of hydrogen-bond acceptors (Lipinski definition) is 7. The quantitative estimate of drug-likeness (QED) is 0.195. The number of piperidine rings is 1. The number of carbonyl (C=O) groups excluding carboxylic acids is 2. The molecule has 11 heteroatoms. The minimum Gasteiger partial charge on any atom is -0.444 e. The zero-order valence-corrected chi connectivity index (χ0v) is 29.8. The van der Waals surface area contributed by atoms with E-state index in [1.807, 2.05) is 58.8 Å². The molecule has 2 bridgehead atoms. The van der Waals surface area contributed by atoms with Gasteiger partial charge in [-0.15, -0.1) is 11.3 Å². The summed E-state index contributed by atoms with van der Waals surface area (Å²) in [6.07, 6.45) is 8.11. The van der Waals surface area contributed by atoms with Crippen LogP contribution in [0.3, 0.4) is 0 Å². The van der Waals surface area contributed by atoms with Crippen LogP contribution >= 0.6 is 11.3 Å². The molecule has 1 aliphatic carbocycles. The van der Waals surface area contributed by atoms with Crippen molar-refractivity contribution in [2.75, 3.05) is 6.54 Å². The molecule has 1 saturated carbocycles. The Kier molecular flexibility index (Phi) is 7.55. The molecule has 3 fully saturated rings. The summed E-state index contributed by atoms with van der Waals surface area (Å²) >= 11 is 1.77. The highest BCUT2D eigenvalue weighted by molar-refractivity contribution is 7.25. The second-order valence-corrected chi connectivity index (χ2v) is 16.9. The van der Waals surface area contributed by atoms with Gasteiger partial charge in [-0.2, -0.15) is 0 Å². The van der Waals surface area contributed by atoms with Crippen molar-refractivity contribution in [2.45, 2.75) is 103 Å². The molecule has 2 N–H and O–H groups in total. The molecule has 0 unspecified atom stereocenters. The summed E-state index contributed by atoms with van der Waals surface area (Å²) in [5, 5.41) is 2.42. The van der Waals surface area contributed by atoms with E-state index in [1.54, 1.807) is 16.2 Å². The Labute approximate surface area is 290 Å². The number of hydrogen-bond donors (Lipinski definition) is 2. The maximum atomic E-state index is 13.2. The van der Waals surface area contributed by atoms with Gasteiger partial charge in [-0.1, -0.05) is 24.3 Å². The largest absolute Gasteiger partial charge is 0.444 e. The van der Waals surface area contributed by atoms with Gasteiger partial charge in [0.25, 0.3) is 0 Å². The molecule has 10 nitrogen and oxygen atoms in total. The van der Waals surface area contributed by atoms with Gasteiger partial charge < -0.3 is 19.4 Å². The van der Waals surface area contributed by atoms with E-state index in [0.29, 0.717) is 12.5 Å². The number of carbonyl (C=O) groups is 2. The van der Waals surface area contributed by atoms with E-state index in [4.69, 9.17) is 19.4 Å². The molecule has 3 aliphatic rings. The summed E-state index contributed by atoms with van der Waals surface area (Å²) in [4.78, 5) is 46.4.